The lowest BCUT2D eigenvalue weighted by molar-refractivity contribution is 0.0216. The zero-order valence-corrected chi connectivity index (χ0v) is 6.31. The number of rotatable bonds is 3. The van der Waals surface area contributed by atoms with Crippen LogP contribution in [-0.4, -0.2) is 26.5 Å². The second kappa shape index (κ2) is 3.85. The van der Waals surface area contributed by atoms with E-state index < -0.39 is 12.2 Å². The van der Waals surface area contributed by atoms with Crippen LogP contribution in [0, 0.1) is 11.3 Å². The van der Waals surface area contributed by atoms with Crippen LogP contribution in [0.4, 0.5) is 0 Å². The zero-order valence-electron chi connectivity index (χ0n) is 6.31. The van der Waals surface area contributed by atoms with E-state index in [1.54, 1.807) is 6.07 Å². The van der Waals surface area contributed by atoms with E-state index in [0.29, 0.717) is 5.56 Å². The molecule has 0 fully saturated rings. The van der Waals surface area contributed by atoms with Crippen LogP contribution in [0.5, 0.6) is 0 Å². The summed E-state index contributed by atoms with van der Waals surface area (Å²) in [6, 6.07) is 1.77. The molecule has 5 nitrogen and oxygen atoms in total. The van der Waals surface area contributed by atoms with E-state index in [2.05, 4.69) is 10.2 Å². The van der Waals surface area contributed by atoms with Crippen molar-refractivity contribution in [2.75, 3.05) is 0 Å². The normalized spacial score (nSPS) is 15.1. The van der Waals surface area contributed by atoms with E-state index in [4.69, 9.17) is 5.26 Å². The van der Waals surface area contributed by atoms with Crippen LogP contribution in [0.15, 0.2) is 12.4 Å². The first-order chi connectivity index (χ1) is 5.75. The van der Waals surface area contributed by atoms with Gasteiger partial charge in [-0.25, -0.2) is 0 Å². The van der Waals surface area contributed by atoms with Crippen molar-refractivity contribution in [3.05, 3.63) is 18.0 Å². The Bertz CT molecular complexity index is 265. The molecule has 2 atom stereocenters. The molecule has 1 aromatic rings. The first-order valence-corrected chi connectivity index (χ1v) is 3.47. The Labute approximate surface area is 69.3 Å². The van der Waals surface area contributed by atoms with E-state index in [0.717, 1.165) is 0 Å². The highest BCUT2D eigenvalue weighted by Crippen LogP contribution is 2.16. The first-order valence-electron chi connectivity index (χ1n) is 3.47. The van der Waals surface area contributed by atoms with Gasteiger partial charge < -0.3 is 10.2 Å². The summed E-state index contributed by atoms with van der Waals surface area (Å²) < 4.78 is 0. The molecule has 0 aliphatic rings. The fraction of sp³-hybridized carbons (Fsp3) is 0.429. The van der Waals surface area contributed by atoms with E-state index in [9.17, 15) is 10.2 Å². The second-order valence-electron chi connectivity index (χ2n) is 2.41. The summed E-state index contributed by atoms with van der Waals surface area (Å²) in [5.74, 6) is 0. The molecule has 0 radical (unpaired) electrons. The minimum atomic E-state index is -1.05. The second-order valence-corrected chi connectivity index (χ2v) is 2.41. The van der Waals surface area contributed by atoms with Crippen molar-refractivity contribution in [1.82, 2.24) is 10.2 Å². The van der Waals surface area contributed by atoms with Crippen molar-refractivity contribution < 1.29 is 10.2 Å². The van der Waals surface area contributed by atoms with Gasteiger partial charge in [-0.05, 0) is 0 Å². The van der Waals surface area contributed by atoms with E-state index >= 15 is 0 Å². The molecule has 0 spiro atoms. The molecule has 1 aromatic heterocycles. The molecule has 5 heteroatoms. The standard InChI is InChI=1S/C7H9N3O2/c8-2-1-6(11)7(12)5-3-9-10-4-5/h3-4,6-7,11-12H,1H2,(H,9,10). The molecule has 0 saturated heterocycles. The maximum Gasteiger partial charge on any atom is 0.109 e. The molecule has 0 aliphatic heterocycles. The number of aliphatic hydroxyl groups excluding tert-OH is 2. The van der Waals surface area contributed by atoms with Gasteiger partial charge in [0.2, 0.25) is 0 Å². The van der Waals surface area contributed by atoms with Gasteiger partial charge in [0.05, 0.1) is 24.8 Å². The maximum atomic E-state index is 9.35. The Hall–Kier alpha value is -1.38. The molecule has 0 saturated carbocycles. The van der Waals surface area contributed by atoms with Gasteiger partial charge in [-0.1, -0.05) is 0 Å². The first kappa shape index (κ1) is 8.71. The Morgan fingerprint density at radius 2 is 2.42 bits per heavy atom. The molecule has 3 N–H and O–H groups in total. The summed E-state index contributed by atoms with van der Waals surface area (Å²) in [7, 11) is 0. The third kappa shape index (κ3) is 1.81. The lowest BCUT2D eigenvalue weighted by atomic mass is 10.1. The van der Waals surface area contributed by atoms with E-state index in [1.807, 2.05) is 0 Å². The molecule has 1 heterocycles. The number of aromatic nitrogens is 2. The third-order valence-electron chi connectivity index (χ3n) is 1.53. The van der Waals surface area contributed by atoms with Crippen LogP contribution < -0.4 is 0 Å². The Morgan fingerprint density at radius 1 is 1.67 bits per heavy atom. The molecule has 2 unspecified atom stereocenters. The van der Waals surface area contributed by atoms with Crippen LogP contribution in [0.25, 0.3) is 0 Å². The molecule has 0 bridgehead atoms. The number of aromatic amines is 1. The molecule has 1 rings (SSSR count). The smallest absolute Gasteiger partial charge is 0.109 e. The van der Waals surface area contributed by atoms with Crippen molar-refractivity contribution in [1.29, 1.82) is 5.26 Å². The molecule has 64 valence electrons. The highest BCUT2D eigenvalue weighted by atomic mass is 16.3. The molecule has 0 aliphatic carbocycles. The number of hydrogen-bond donors (Lipinski definition) is 3. The van der Waals surface area contributed by atoms with Gasteiger partial charge in [0.15, 0.2) is 0 Å². The van der Waals surface area contributed by atoms with Gasteiger partial charge in [0, 0.05) is 11.8 Å². The molecular weight excluding hydrogens is 158 g/mol. The van der Waals surface area contributed by atoms with Gasteiger partial charge >= 0.3 is 0 Å². The topological polar surface area (TPSA) is 92.9 Å². The Balaban J connectivity index is 2.60. The van der Waals surface area contributed by atoms with Gasteiger partial charge in [0.25, 0.3) is 0 Å². The summed E-state index contributed by atoms with van der Waals surface area (Å²) >= 11 is 0. The average molecular weight is 167 g/mol. The SMILES string of the molecule is N#CCC(O)C(O)c1cn[nH]c1. The van der Waals surface area contributed by atoms with Gasteiger partial charge in [0.1, 0.15) is 6.10 Å². The number of nitriles is 1. The maximum absolute atomic E-state index is 9.35. The number of aliphatic hydroxyl groups is 2. The fourth-order valence-electron chi connectivity index (χ4n) is 0.850. The quantitative estimate of drug-likeness (QED) is 0.577. The number of H-pyrrole nitrogens is 1. The van der Waals surface area contributed by atoms with Crippen molar-refractivity contribution in [3.63, 3.8) is 0 Å². The van der Waals surface area contributed by atoms with Crippen LogP contribution in [0.2, 0.25) is 0 Å². The molecular formula is C7H9N3O2. The fourth-order valence-corrected chi connectivity index (χ4v) is 0.850. The summed E-state index contributed by atoms with van der Waals surface area (Å²) in [5, 5.41) is 32.9. The predicted molar refractivity (Wildman–Crippen MR) is 39.8 cm³/mol. The van der Waals surface area contributed by atoms with Crippen molar-refractivity contribution in [2.24, 2.45) is 0 Å². The van der Waals surface area contributed by atoms with Gasteiger partial charge in [-0.2, -0.15) is 10.4 Å². The van der Waals surface area contributed by atoms with Crippen LogP contribution >= 0.6 is 0 Å². The summed E-state index contributed by atoms with van der Waals surface area (Å²) in [4.78, 5) is 0. The lowest BCUT2D eigenvalue weighted by Gasteiger charge is -2.12. The summed E-state index contributed by atoms with van der Waals surface area (Å²) in [6.07, 6.45) is 0.707. The highest BCUT2D eigenvalue weighted by Gasteiger charge is 2.18. The lowest BCUT2D eigenvalue weighted by Crippen LogP contribution is -2.16. The molecule has 0 amide bonds. The van der Waals surface area contributed by atoms with Gasteiger partial charge in [-0.3, -0.25) is 5.10 Å². The summed E-state index contributed by atoms with van der Waals surface area (Å²) in [6.45, 7) is 0. The summed E-state index contributed by atoms with van der Waals surface area (Å²) in [5.41, 5.74) is 0.484. The van der Waals surface area contributed by atoms with E-state index in [1.165, 1.54) is 12.4 Å². The Morgan fingerprint density at radius 3 is 2.92 bits per heavy atom. The highest BCUT2D eigenvalue weighted by molar-refractivity contribution is 5.09. The monoisotopic (exact) mass is 167 g/mol. The Kier molecular flexibility index (Phi) is 2.80. The minimum Gasteiger partial charge on any atom is -0.389 e. The number of nitrogens with one attached hydrogen (secondary N) is 1. The predicted octanol–water partition coefficient (Wildman–Crippen LogP) is -0.282. The minimum absolute atomic E-state index is 0.0909. The molecule has 0 aromatic carbocycles. The van der Waals surface area contributed by atoms with Crippen LogP contribution in [0.1, 0.15) is 18.1 Å². The van der Waals surface area contributed by atoms with Gasteiger partial charge in [-0.15, -0.1) is 0 Å². The van der Waals surface area contributed by atoms with E-state index in [-0.39, 0.29) is 6.42 Å². The number of nitrogens with zero attached hydrogens (tertiary/aromatic N) is 2. The van der Waals surface area contributed by atoms with Crippen LogP contribution in [0.3, 0.4) is 0 Å². The zero-order chi connectivity index (χ0) is 8.97. The van der Waals surface area contributed by atoms with Crippen molar-refractivity contribution in [3.8, 4) is 6.07 Å². The van der Waals surface area contributed by atoms with Crippen LogP contribution in [-0.2, 0) is 0 Å². The largest absolute Gasteiger partial charge is 0.389 e. The van der Waals surface area contributed by atoms with Crippen molar-refractivity contribution in [2.45, 2.75) is 18.6 Å². The van der Waals surface area contributed by atoms with Crippen molar-refractivity contribution >= 4 is 0 Å². The molecule has 12 heavy (non-hydrogen) atoms. The third-order valence-corrected chi connectivity index (χ3v) is 1.53. The average Bonchev–Trinajstić information content (AvgIpc) is 2.55. The number of hydrogen-bond acceptors (Lipinski definition) is 4.